The van der Waals surface area contributed by atoms with E-state index in [0.29, 0.717) is 26.2 Å². The Kier molecular flexibility index (Phi) is 5.69. The molecule has 0 atom stereocenters. The van der Waals surface area contributed by atoms with Crippen LogP contribution in [0.25, 0.3) is 17.2 Å². The van der Waals surface area contributed by atoms with Gasteiger partial charge in [0.2, 0.25) is 5.91 Å². The molecule has 1 fully saturated rings. The van der Waals surface area contributed by atoms with Gasteiger partial charge in [0.05, 0.1) is 0 Å². The number of nitrogens with zero attached hydrogens (tertiary/aromatic N) is 2. The van der Waals surface area contributed by atoms with Gasteiger partial charge in [-0.15, -0.1) is 0 Å². The Morgan fingerprint density at radius 1 is 0.846 bits per heavy atom. The van der Waals surface area contributed by atoms with Crippen molar-refractivity contribution in [3.05, 3.63) is 66.2 Å². The van der Waals surface area contributed by atoms with Gasteiger partial charge in [0.25, 0.3) is 0 Å². The topological polar surface area (TPSA) is 66.6 Å². The molecule has 1 heterocycles. The van der Waals surface area contributed by atoms with E-state index in [2.05, 4.69) is 24.3 Å². The highest BCUT2D eigenvalue weighted by Crippen LogP contribution is 2.20. The van der Waals surface area contributed by atoms with Gasteiger partial charge in [0, 0.05) is 32.3 Å². The molecule has 0 aromatic heterocycles. The van der Waals surface area contributed by atoms with Crippen LogP contribution in [0.3, 0.4) is 0 Å². The quantitative estimate of drug-likeness (QED) is 0.866. The van der Waals surface area contributed by atoms with Crippen molar-refractivity contribution in [2.45, 2.75) is 6.42 Å². The largest absolute Gasteiger partial charge is 0.351 e. The number of urea groups is 1. The Bertz CT molecular complexity index is 802. The number of hydrogen-bond donors (Lipinski definition) is 1. The Morgan fingerprint density at radius 2 is 1.54 bits per heavy atom. The third-order valence-electron chi connectivity index (χ3n) is 4.53. The number of hydrogen-bond acceptors (Lipinski definition) is 2. The molecule has 0 radical (unpaired) electrons. The van der Waals surface area contributed by atoms with Crippen LogP contribution >= 0.6 is 0 Å². The average molecular weight is 349 g/mol. The molecule has 1 aliphatic rings. The summed E-state index contributed by atoms with van der Waals surface area (Å²) in [7, 11) is 0. The number of amides is 3. The Hall–Kier alpha value is -3.08. The SMILES string of the molecule is NC(=O)N1CCCN(C(=O)/C=C/c2cccc(-c3ccccc3)c2)CC1. The maximum atomic E-state index is 12.5. The van der Waals surface area contributed by atoms with Gasteiger partial charge < -0.3 is 15.5 Å². The number of carbonyl (C=O) groups is 2. The van der Waals surface area contributed by atoms with Crippen LogP contribution in [-0.4, -0.2) is 47.9 Å². The van der Waals surface area contributed by atoms with Crippen LogP contribution in [0, 0.1) is 0 Å². The number of nitrogens with two attached hydrogens (primary N) is 1. The number of benzene rings is 2. The van der Waals surface area contributed by atoms with E-state index in [0.717, 1.165) is 23.1 Å². The first-order valence-corrected chi connectivity index (χ1v) is 8.80. The third kappa shape index (κ3) is 4.51. The molecular weight excluding hydrogens is 326 g/mol. The molecule has 5 nitrogen and oxygen atoms in total. The monoisotopic (exact) mass is 349 g/mol. The molecule has 1 saturated heterocycles. The summed E-state index contributed by atoms with van der Waals surface area (Å²) in [4.78, 5) is 27.1. The van der Waals surface area contributed by atoms with Crippen LogP contribution < -0.4 is 5.73 Å². The van der Waals surface area contributed by atoms with Crippen molar-refractivity contribution in [2.24, 2.45) is 5.73 Å². The van der Waals surface area contributed by atoms with E-state index < -0.39 is 6.03 Å². The molecule has 3 rings (SSSR count). The van der Waals surface area contributed by atoms with E-state index in [4.69, 9.17) is 5.73 Å². The molecular formula is C21H23N3O2. The maximum absolute atomic E-state index is 12.5. The fourth-order valence-corrected chi connectivity index (χ4v) is 3.08. The fourth-order valence-electron chi connectivity index (χ4n) is 3.08. The van der Waals surface area contributed by atoms with E-state index in [9.17, 15) is 9.59 Å². The smallest absolute Gasteiger partial charge is 0.314 e. The first kappa shape index (κ1) is 17.7. The van der Waals surface area contributed by atoms with Gasteiger partial charge in [-0.25, -0.2) is 4.79 Å². The molecule has 1 aliphatic heterocycles. The van der Waals surface area contributed by atoms with E-state index in [-0.39, 0.29) is 5.91 Å². The zero-order valence-corrected chi connectivity index (χ0v) is 14.7. The summed E-state index contributed by atoms with van der Waals surface area (Å²) in [6.07, 6.45) is 4.18. The molecule has 0 spiro atoms. The Morgan fingerprint density at radius 3 is 2.31 bits per heavy atom. The second-order valence-electron chi connectivity index (χ2n) is 6.33. The van der Waals surface area contributed by atoms with Gasteiger partial charge in [0.1, 0.15) is 0 Å². The van der Waals surface area contributed by atoms with Crippen LogP contribution in [0.15, 0.2) is 60.7 Å². The highest BCUT2D eigenvalue weighted by Gasteiger charge is 2.19. The molecule has 0 saturated carbocycles. The van der Waals surface area contributed by atoms with Gasteiger partial charge in [-0.2, -0.15) is 0 Å². The van der Waals surface area contributed by atoms with Crippen molar-refractivity contribution in [3.63, 3.8) is 0 Å². The Balaban J connectivity index is 1.66. The van der Waals surface area contributed by atoms with Crippen LogP contribution in [0.2, 0.25) is 0 Å². The summed E-state index contributed by atoms with van der Waals surface area (Å²) >= 11 is 0. The molecule has 0 unspecified atom stereocenters. The number of carbonyl (C=O) groups excluding carboxylic acids is 2. The van der Waals surface area contributed by atoms with Crippen LogP contribution in [0.4, 0.5) is 4.79 Å². The van der Waals surface area contributed by atoms with Crippen molar-refractivity contribution in [2.75, 3.05) is 26.2 Å². The van der Waals surface area contributed by atoms with Crippen molar-refractivity contribution >= 4 is 18.0 Å². The van der Waals surface area contributed by atoms with Gasteiger partial charge in [0.15, 0.2) is 0 Å². The lowest BCUT2D eigenvalue weighted by atomic mass is 10.0. The molecule has 0 aliphatic carbocycles. The van der Waals surface area contributed by atoms with Crippen LogP contribution in [-0.2, 0) is 4.79 Å². The Labute approximate surface area is 153 Å². The predicted molar refractivity (Wildman–Crippen MR) is 103 cm³/mol. The molecule has 3 amide bonds. The van der Waals surface area contributed by atoms with E-state index >= 15 is 0 Å². The first-order valence-electron chi connectivity index (χ1n) is 8.80. The minimum absolute atomic E-state index is 0.0403. The number of rotatable bonds is 3. The zero-order valence-electron chi connectivity index (χ0n) is 14.7. The van der Waals surface area contributed by atoms with Crippen LogP contribution in [0.1, 0.15) is 12.0 Å². The second-order valence-corrected chi connectivity index (χ2v) is 6.33. The van der Waals surface area contributed by atoms with Crippen LogP contribution in [0.5, 0.6) is 0 Å². The molecule has 2 aromatic rings. The van der Waals surface area contributed by atoms with E-state index in [1.165, 1.54) is 0 Å². The number of primary amides is 1. The van der Waals surface area contributed by atoms with Crippen molar-refractivity contribution in [1.82, 2.24) is 9.80 Å². The van der Waals surface area contributed by atoms with Crippen molar-refractivity contribution < 1.29 is 9.59 Å². The van der Waals surface area contributed by atoms with E-state index in [1.54, 1.807) is 15.9 Å². The summed E-state index contributed by atoms with van der Waals surface area (Å²) in [5.41, 5.74) is 8.57. The summed E-state index contributed by atoms with van der Waals surface area (Å²) in [6, 6.07) is 17.8. The standard InChI is InChI=1S/C21H23N3O2/c22-21(26)24-13-5-12-23(14-15-24)20(25)11-10-17-6-4-9-19(16-17)18-7-2-1-3-8-18/h1-4,6-11,16H,5,12-15H2,(H2,22,26)/b11-10+. The molecule has 0 bridgehead atoms. The lowest BCUT2D eigenvalue weighted by Gasteiger charge is -2.19. The highest BCUT2D eigenvalue weighted by molar-refractivity contribution is 5.92. The lowest BCUT2D eigenvalue weighted by Crippen LogP contribution is -2.39. The normalized spacial score (nSPS) is 15.1. The lowest BCUT2D eigenvalue weighted by molar-refractivity contribution is -0.125. The predicted octanol–water partition coefficient (Wildman–Crippen LogP) is 2.98. The third-order valence-corrected chi connectivity index (χ3v) is 4.53. The van der Waals surface area contributed by atoms with Crippen molar-refractivity contribution in [1.29, 1.82) is 0 Å². The fraction of sp³-hybridized carbons (Fsp3) is 0.238. The summed E-state index contributed by atoms with van der Waals surface area (Å²) < 4.78 is 0. The molecule has 26 heavy (non-hydrogen) atoms. The molecule has 2 N–H and O–H groups in total. The summed E-state index contributed by atoms with van der Waals surface area (Å²) in [5, 5.41) is 0. The minimum atomic E-state index is -0.424. The van der Waals surface area contributed by atoms with Gasteiger partial charge in [-0.1, -0.05) is 48.5 Å². The maximum Gasteiger partial charge on any atom is 0.314 e. The van der Waals surface area contributed by atoms with Gasteiger partial charge >= 0.3 is 6.03 Å². The molecule has 2 aromatic carbocycles. The highest BCUT2D eigenvalue weighted by atomic mass is 16.2. The zero-order chi connectivity index (χ0) is 18.4. The summed E-state index contributed by atoms with van der Waals surface area (Å²) in [5.74, 6) is -0.0403. The first-order chi connectivity index (χ1) is 12.6. The second kappa shape index (κ2) is 8.34. The van der Waals surface area contributed by atoms with Gasteiger partial charge in [-0.05, 0) is 35.3 Å². The molecule has 134 valence electrons. The van der Waals surface area contributed by atoms with Crippen molar-refractivity contribution in [3.8, 4) is 11.1 Å². The van der Waals surface area contributed by atoms with E-state index in [1.807, 2.05) is 36.4 Å². The molecule has 5 heteroatoms. The minimum Gasteiger partial charge on any atom is -0.351 e. The summed E-state index contributed by atoms with van der Waals surface area (Å²) in [6.45, 7) is 2.23. The van der Waals surface area contributed by atoms with Gasteiger partial charge in [-0.3, -0.25) is 4.79 Å². The average Bonchev–Trinajstić information content (AvgIpc) is 2.93.